The van der Waals surface area contributed by atoms with Crippen LogP contribution in [-0.4, -0.2) is 39.4 Å². The van der Waals surface area contributed by atoms with Crippen LogP contribution in [0, 0.1) is 13.8 Å². The molecule has 0 aliphatic rings. The van der Waals surface area contributed by atoms with Gasteiger partial charge in [0, 0.05) is 31.0 Å². The minimum absolute atomic E-state index is 0.0424. The summed E-state index contributed by atoms with van der Waals surface area (Å²) in [4.78, 5) is 12.1. The molecule has 2 aromatic carbocycles. The van der Waals surface area contributed by atoms with E-state index in [9.17, 15) is 13.2 Å². The highest BCUT2D eigenvalue weighted by Gasteiger charge is 2.18. The number of hydrogen-bond acceptors (Lipinski definition) is 4. The molecule has 0 unspecified atom stereocenters. The van der Waals surface area contributed by atoms with Crippen molar-refractivity contribution in [2.45, 2.75) is 32.4 Å². The van der Waals surface area contributed by atoms with Gasteiger partial charge in [-0.3, -0.25) is 9.10 Å². The van der Waals surface area contributed by atoms with Crippen LogP contribution in [0.2, 0.25) is 0 Å². The molecule has 29 heavy (non-hydrogen) atoms. The molecule has 0 aromatic heterocycles. The largest absolute Gasteiger partial charge is 0.355 e. The van der Waals surface area contributed by atoms with Crippen molar-refractivity contribution in [3.05, 3.63) is 65.2 Å². The topological polar surface area (TPSA) is 66.5 Å². The Balaban J connectivity index is 1.70. The van der Waals surface area contributed by atoms with Gasteiger partial charge in [0.25, 0.3) is 0 Å². The van der Waals surface area contributed by atoms with Crippen molar-refractivity contribution in [3.8, 4) is 0 Å². The Morgan fingerprint density at radius 2 is 1.76 bits per heavy atom. The van der Waals surface area contributed by atoms with E-state index in [0.717, 1.165) is 17.1 Å². The first-order chi connectivity index (χ1) is 13.8. The standard InChI is InChI=1S/C22H30N2O3S2/c1-18-10-12-20(13-11-18)17-28-16-14-23-22(25)9-6-15-24(29(3,26)27)21-8-5-4-7-19(21)2/h4-5,7-8,10-13H,6,9,14-17H2,1-3H3,(H,23,25). The Kier molecular flexibility index (Phi) is 9.04. The number of aryl methyl sites for hydroxylation is 2. The van der Waals surface area contributed by atoms with E-state index in [1.165, 1.54) is 21.7 Å². The third-order valence-electron chi connectivity index (χ3n) is 4.51. The summed E-state index contributed by atoms with van der Waals surface area (Å²) in [6.07, 6.45) is 1.98. The first kappa shape index (κ1) is 23.3. The van der Waals surface area contributed by atoms with Gasteiger partial charge in [0.15, 0.2) is 0 Å². The van der Waals surface area contributed by atoms with Crippen LogP contribution in [0.5, 0.6) is 0 Å². The first-order valence-corrected chi connectivity index (χ1v) is 12.7. The maximum Gasteiger partial charge on any atom is 0.232 e. The van der Waals surface area contributed by atoms with Gasteiger partial charge < -0.3 is 5.32 Å². The molecule has 1 amide bonds. The summed E-state index contributed by atoms with van der Waals surface area (Å²) < 4.78 is 25.7. The fourth-order valence-corrected chi connectivity index (χ4v) is 4.76. The van der Waals surface area contributed by atoms with Crippen molar-refractivity contribution in [3.63, 3.8) is 0 Å². The smallest absolute Gasteiger partial charge is 0.232 e. The zero-order chi connectivity index (χ0) is 21.3. The van der Waals surface area contributed by atoms with Gasteiger partial charge in [-0.15, -0.1) is 0 Å². The Morgan fingerprint density at radius 3 is 2.41 bits per heavy atom. The molecule has 7 heteroatoms. The van der Waals surface area contributed by atoms with Crippen LogP contribution in [0.3, 0.4) is 0 Å². The van der Waals surface area contributed by atoms with E-state index >= 15 is 0 Å². The Labute approximate surface area is 178 Å². The third kappa shape index (κ3) is 8.11. The summed E-state index contributed by atoms with van der Waals surface area (Å²) >= 11 is 1.78. The van der Waals surface area contributed by atoms with Crippen molar-refractivity contribution in [2.24, 2.45) is 0 Å². The maximum absolute atomic E-state index is 12.2. The summed E-state index contributed by atoms with van der Waals surface area (Å²) in [5.74, 6) is 1.73. The van der Waals surface area contributed by atoms with Crippen molar-refractivity contribution in [1.82, 2.24) is 5.32 Å². The number of carbonyl (C=O) groups excluding carboxylic acids is 1. The predicted octanol–water partition coefficient (Wildman–Crippen LogP) is 3.90. The third-order valence-corrected chi connectivity index (χ3v) is 6.72. The molecule has 0 fully saturated rings. The fourth-order valence-electron chi connectivity index (χ4n) is 2.92. The van der Waals surface area contributed by atoms with E-state index < -0.39 is 10.0 Å². The molecule has 5 nitrogen and oxygen atoms in total. The fraction of sp³-hybridized carbons (Fsp3) is 0.409. The molecule has 0 bridgehead atoms. The lowest BCUT2D eigenvalue weighted by Crippen LogP contribution is -2.33. The van der Waals surface area contributed by atoms with Crippen molar-refractivity contribution in [2.75, 3.05) is 29.4 Å². The Bertz CT molecular complexity index is 897. The van der Waals surface area contributed by atoms with E-state index in [1.54, 1.807) is 17.8 Å². The van der Waals surface area contributed by atoms with Gasteiger partial charge in [-0.2, -0.15) is 11.8 Å². The second-order valence-corrected chi connectivity index (χ2v) is 10.1. The van der Waals surface area contributed by atoms with E-state index in [0.29, 0.717) is 31.6 Å². The van der Waals surface area contributed by atoms with Crippen molar-refractivity contribution < 1.29 is 13.2 Å². The molecule has 0 saturated carbocycles. The average Bonchev–Trinajstić information content (AvgIpc) is 2.66. The molecule has 0 heterocycles. The number of thioether (sulfide) groups is 1. The maximum atomic E-state index is 12.2. The van der Waals surface area contributed by atoms with Gasteiger partial charge >= 0.3 is 0 Å². The molecule has 2 aromatic rings. The first-order valence-electron chi connectivity index (χ1n) is 9.70. The van der Waals surface area contributed by atoms with Crippen molar-refractivity contribution >= 4 is 33.4 Å². The van der Waals surface area contributed by atoms with Gasteiger partial charge in [-0.1, -0.05) is 48.0 Å². The summed E-state index contributed by atoms with van der Waals surface area (Å²) in [5.41, 5.74) is 4.10. The number of rotatable bonds is 11. The second-order valence-electron chi connectivity index (χ2n) is 7.11. The lowest BCUT2D eigenvalue weighted by Gasteiger charge is -2.24. The number of para-hydroxylation sites is 1. The van der Waals surface area contributed by atoms with E-state index in [1.807, 2.05) is 25.1 Å². The van der Waals surface area contributed by atoms with Gasteiger partial charge in [-0.05, 0) is 37.5 Å². The number of hydrogen-bond donors (Lipinski definition) is 1. The number of nitrogens with zero attached hydrogens (tertiary/aromatic N) is 1. The number of carbonyl (C=O) groups is 1. The van der Waals surface area contributed by atoms with Gasteiger partial charge in [0.2, 0.25) is 15.9 Å². The zero-order valence-electron chi connectivity index (χ0n) is 17.3. The lowest BCUT2D eigenvalue weighted by molar-refractivity contribution is -0.121. The lowest BCUT2D eigenvalue weighted by atomic mass is 10.2. The van der Waals surface area contributed by atoms with Crippen LogP contribution in [0.15, 0.2) is 48.5 Å². The number of anilines is 1. The highest BCUT2D eigenvalue weighted by atomic mass is 32.2. The minimum atomic E-state index is -3.39. The summed E-state index contributed by atoms with van der Waals surface area (Å²) in [6.45, 7) is 4.86. The highest BCUT2D eigenvalue weighted by Crippen LogP contribution is 2.22. The van der Waals surface area contributed by atoms with Crippen LogP contribution in [-0.2, 0) is 20.6 Å². The Morgan fingerprint density at radius 1 is 1.07 bits per heavy atom. The van der Waals surface area contributed by atoms with Crippen LogP contribution < -0.4 is 9.62 Å². The highest BCUT2D eigenvalue weighted by molar-refractivity contribution is 7.98. The molecule has 1 N–H and O–H groups in total. The molecule has 158 valence electrons. The van der Waals surface area contributed by atoms with E-state index in [4.69, 9.17) is 0 Å². The van der Waals surface area contributed by atoms with Gasteiger partial charge in [-0.25, -0.2) is 8.42 Å². The van der Waals surface area contributed by atoms with Crippen LogP contribution in [0.4, 0.5) is 5.69 Å². The van der Waals surface area contributed by atoms with E-state index in [-0.39, 0.29) is 5.91 Å². The number of nitrogens with one attached hydrogen (secondary N) is 1. The number of benzene rings is 2. The monoisotopic (exact) mass is 434 g/mol. The van der Waals surface area contributed by atoms with Gasteiger partial charge in [0.05, 0.1) is 11.9 Å². The van der Waals surface area contributed by atoms with Gasteiger partial charge in [0.1, 0.15) is 0 Å². The molecule has 0 spiro atoms. The average molecular weight is 435 g/mol. The summed E-state index contributed by atoms with van der Waals surface area (Å²) in [7, 11) is -3.39. The molecule has 0 atom stereocenters. The molecule has 0 saturated heterocycles. The van der Waals surface area contributed by atoms with Crippen LogP contribution in [0.1, 0.15) is 29.5 Å². The van der Waals surface area contributed by atoms with Crippen LogP contribution >= 0.6 is 11.8 Å². The summed E-state index contributed by atoms with van der Waals surface area (Å²) in [6, 6.07) is 15.8. The normalized spacial score (nSPS) is 11.3. The number of sulfonamides is 1. The molecule has 0 aliphatic heterocycles. The van der Waals surface area contributed by atoms with Crippen molar-refractivity contribution in [1.29, 1.82) is 0 Å². The van der Waals surface area contributed by atoms with E-state index in [2.05, 4.69) is 36.5 Å². The molecular weight excluding hydrogens is 404 g/mol. The zero-order valence-corrected chi connectivity index (χ0v) is 19.0. The van der Waals surface area contributed by atoms with Crippen LogP contribution in [0.25, 0.3) is 0 Å². The second kappa shape index (κ2) is 11.3. The quantitative estimate of drug-likeness (QED) is 0.545. The molecule has 0 aliphatic carbocycles. The number of amides is 1. The molecule has 2 rings (SSSR count). The summed E-state index contributed by atoms with van der Waals surface area (Å²) in [5, 5.41) is 2.91. The Hall–Kier alpha value is -1.99. The molecular formula is C22H30N2O3S2. The SMILES string of the molecule is Cc1ccc(CSCCNC(=O)CCCN(c2ccccc2C)S(C)(=O)=O)cc1. The minimum Gasteiger partial charge on any atom is -0.355 e. The molecule has 0 radical (unpaired) electrons. The predicted molar refractivity (Wildman–Crippen MR) is 123 cm³/mol.